The summed E-state index contributed by atoms with van der Waals surface area (Å²) in [5, 5.41) is 7.89. The van der Waals surface area contributed by atoms with Gasteiger partial charge in [-0.2, -0.15) is 0 Å². The molecule has 0 aromatic carbocycles. The Kier molecular flexibility index (Phi) is 12.2. The number of hydrogen-bond donors (Lipinski definition) is 1. The number of halogens is 1. The average molecular weight is 132 g/mol. The van der Waals surface area contributed by atoms with Crippen LogP contribution < -0.4 is 0 Å². The average Bonchev–Trinajstić information content (AvgIpc) is 1.35. The Balaban J connectivity index is 0. The van der Waals surface area contributed by atoms with Crippen LogP contribution in [0.1, 0.15) is 19.8 Å². The van der Waals surface area contributed by atoms with Gasteiger partial charge in [-0.25, -0.2) is 4.39 Å². The molecule has 0 aliphatic carbocycles. The molecule has 3 heteroatoms. The number of rotatable bonds is 2. The van der Waals surface area contributed by atoms with E-state index in [0.717, 1.165) is 0 Å². The Bertz CT molecular complexity index is 32.9. The molecule has 7 heavy (non-hydrogen) atoms. The Hall–Kier alpha value is 1.53. The Labute approximate surface area is 85.7 Å². The van der Waals surface area contributed by atoms with Crippen LogP contribution in [0, 0.1) is 0 Å². The number of aliphatic hydroxyl groups excluding tert-OH is 1. The molecule has 0 aromatic rings. The second-order valence-corrected chi connectivity index (χ2v) is 1.22. The van der Waals surface area contributed by atoms with Crippen LogP contribution in [-0.4, -0.2) is 62.8 Å². The fourth-order valence-electron chi connectivity index (χ4n) is 0.238. The summed E-state index contributed by atoms with van der Waals surface area (Å²) in [6, 6.07) is 0. The molecule has 0 aliphatic heterocycles. The molecule has 1 atom stereocenters. The van der Waals surface area contributed by atoms with E-state index in [4.69, 9.17) is 5.11 Å². The topological polar surface area (TPSA) is 20.2 Å². The molecule has 0 saturated carbocycles. The van der Waals surface area contributed by atoms with Gasteiger partial charge in [0.2, 0.25) is 0 Å². The number of alkyl halides is 1. The van der Waals surface area contributed by atoms with Crippen molar-refractivity contribution in [1.29, 1.82) is 0 Å². The Morgan fingerprint density at radius 1 is 1.71 bits per heavy atom. The summed E-state index contributed by atoms with van der Waals surface area (Å²) in [7, 11) is 0. The molecule has 1 unspecified atom stereocenters. The van der Waals surface area contributed by atoms with Crippen LogP contribution in [0.4, 0.5) is 4.39 Å². The van der Waals surface area contributed by atoms with Gasteiger partial charge in [0.05, 0.1) is 0 Å². The first-order valence-corrected chi connectivity index (χ1v) is 2.09. The summed E-state index contributed by atoms with van der Waals surface area (Å²) in [6.45, 7) is 1.82. The maximum atomic E-state index is 11.3. The molecule has 40 valence electrons. The summed E-state index contributed by atoms with van der Waals surface area (Å²) in [5.41, 5.74) is 0. The first-order valence-electron chi connectivity index (χ1n) is 2.09. The van der Waals surface area contributed by atoms with Gasteiger partial charge in [-0.15, -0.1) is 0 Å². The molecule has 0 heterocycles. The SMILES string of the molecule is CCCC(O)F.[KH]. The summed E-state index contributed by atoms with van der Waals surface area (Å²) >= 11 is 0. The minimum atomic E-state index is -1.60. The summed E-state index contributed by atoms with van der Waals surface area (Å²) < 4.78 is 11.3. The minimum absolute atomic E-state index is 0. The van der Waals surface area contributed by atoms with E-state index in [-0.39, 0.29) is 57.8 Å². The van der Waals surface area contributed by atoms with E-state index in [0.29, 0.717) is 6.42 Å². The van der Waals surface area contributed by atoms with Crippen molar-refractivity contribution in [3.05, 3.63) is 0 Å². The zero-order chi connectivity index (χ0) is 4.99. The molecule has 1 nitrogen and oxygen atoms in total. The van der Waals surface area contributed by atoms with Gasteiger partial charge < -0.3 is 5.11 Å². The first-order chi connectivity index (χ1) is 2.77. The third kappa shape index (κ3) is 11.2. The van der Waals surface area contributed by atoms with E-state index in [9.17, 15) is 4.39 Å². The van der Waals surface area contributed by atoms with Crippen LogP contribution in [0.15, 0.2) is 0 Å². The monoisotopic (exact) mass is 132 g/mol. The molecule has 0 bridgehead atoms. The third-order valence-corrected chi connectivity index (χ3v) is 0.527. The quantitative estimate of drug-likeness (QED) is 0.540. The molecule has 1 N–H and O–H groups in total. The Morgan fingerprint density at radius 3 is 2.14 bits per heavy atom. The van der Waals surface area contributed by atoms with Crippen molar-refractivity contribution < 1.29 is 9.50 Å². The van der Waals surface area contributed by atoms with E-state index in [1.165, 1.54) is 0 Å². The van der Waals surface area contributed by atoms with Crippen molar-refractivity contribution in [3.63, 3.8) is 0 Å². The summed E-state index contributed by atoms with van der Waals surface area (Å²) in [6.07, 6.45) is -0.632. The van der Waals surface area contributed by atoms with Crippen molar-refractivity contribution in [1.82, 2.24) is 0 Å². The van der Waals surface area contributed by atoms with Gasteiger partial charge in [-0.3, -0.25) is 0 Å². The van der Waals surface area contributed by atoms with Gasteiger partial charge in [-0.05, 0) is 0 Å². The molecule has 0 spiro atoms. The van der Waals surface area contributed by atoms with Gasteiger partial charge in [0.25, 0.3) is 0 Å². The number of aliphatic hydroxyl groups is 1. The predicted molar refractivity (Wildman–Crippen MR) is 29.2 cm³/mol. The summed E-state index contributed by atoms with van der Waals surface area (Å²) in [5.74, 6) is 0. The van der Waals surface area contributed by atoms with Crippen LogP contribution in [0.3, 0.4) is 0 Å². The summed E-state index contributed by atoms with van der Waals surface area (Å²) in [4.78, 5) is 0. The molecule has 0 radical (unpaired) electrons. The fourth-order valence-corrected chi connectivity index (χ4v) is 0.238. The van der Waals surface area contributed by atoms with Crippen LogP contribution >= 0.6 is 0 Å². The molecule has 0 fully saturated rings. The maximum absolute atomic E-state index is 11.3. The van der Waals surface area contributed by atoms with Crippen molar-refractivity contribution in [3.8, 4) is 0 Å². The molecule has 0 amide bonds. The normalized spacial score (nSPS) is 12.4. The zero-order valence-electron chi connectivity index (χ0n) is 3.82. The van der Waals surface area contributed by atoms with Gasteiger partial charge in [-0.1, -0.05) is 13.3 Å². The van der Waals surface area contributed by atoms with Crippen LogP contribution in [-0.2, 0) is 0 Å². The first kappa shape index (κ1) is 11.3. The third-order valence-electron chi connectivity index (χ3n) is 0.527. The van der Waals surface area contributed by atoms with Crippen LogP contribution in [0.2, 0.25) is 0 Å². The van der Waals surface area contributed by atoms with Gasteiger partial charge in [0.1, 0.15) is 0 Å². The van der Waals surface area contributed by atoms with E-state index >= 15 is 0 Å². The van der Waals surface area contributed by atoms with Crippen molar-refractivity contribution in [2.75, 3.05) is 0 Å². The van der Waals surface area contributed by atoms with Crippen molar-refractivity contribution >= 4 is 51.4 Å². The van der Waals surface area contributed by atoms with Crippen molar-refractivity contribution in [2.45, 2.75) is 26.1 Å². The van der Waals surface area contributed by atoms with E-state index < -0.39 is 6.36 Å². The second-order valence-electron chi connectivity index (χ2n) is 1.22. The van der Waals surface area contributed by atoms with E-state index in [1.54, 1.807) is 0 Å². The zero-order valence-corrected chi connectivity index (χ0v) is 3.82. The van der Waals surface area contributed by atoms with E-state index in [2.05, 4.69) is 0 Å². The van der Waals surface area contributed by atoms with E-state index in [1.807, 2.05) is 6.92 Å². The fraction of sp³-hybridized carbons (Fsp3) is 1.00. The van der Waals surface area contributed by atoms with Gasteiger partial charge in [0.15, 0.2) is 6.36 Å². The molecule has 0 rings (SSSR count). The molecular formula is C4H10FKO. The van der Waals surface area contributed by atoms with Crippen LogP contribution in [0.25, 0.3) is 0 Å². The Morgan fingerprint density at radius 2 is 2.14 bits per heavy atom. The predicted octanol–water partition coefficient (Wildman–Crippen LogP) is 0.426. The molecular weight excluding hydrogens is 122 g/mol. The number of hydrogen-bond acceptors (Lipinski definition) is 1. The van der Waals surface area contributed by atoms with Crippen LogP contribution in [0.5, 0.6) is 0 Å². The van der Waals surface area contributed by atoms with Crippen molar-refractivity contribution in [2.24, 2.45) is 0 Å². The van der Waals surface area contributed by atoms with Gasteiger partial charge in [0, 0.05) is 6.42 Å². The molecule has 0 aromatic heterocycles. The standard InChI is InChI=1S/C4H9FO.K.H/c1-2-3-4(5)6;;/h4,6H,2-3H2,1H3;;. The molecule has 0 saturated heterocycles. The second kappa shape index (κ2) is 7.53. The molecule has 0 aliphatic rings. The van der Waals surface area contributed by atoms with Gasteiger partial charge >= 0.3 is 51.4 Å².